The number of nitrogens with two attached hydrogens (primary N) is 1. The first-order valence-corrected chi connectivity index (χ1v) is 6.52. The molecule has 1 heterocycles. The van der Waals surface area contributed by atoms with Gasteiger partial charge in [0.25, 0.3) is 0 Å². The average Bonchev–Trinajstić information content (AvgIpc) is 2.28. The van der Waals surface area contributed by atoms with E-state index < -0.39 is 0 Å². The molecule has 1 aromatic rings. The first-order valence-electron chi connectivity index (χ1n) is 6.14. The average molecular weight is 254 g/mol. The monoisotopic (exact) mass is 253 g/mol. The molecule has 0 amide bonds. The number of benzene rings is 1. The van der Waals surface area contributed by atoms with E-state index in [4.69, 9.17) is 17.3 Å². The van der Waals surface area contributed by atoms with Crippen molar-refractivity contribution in [1.82, 2.24) is 4.90 Å². The molecule has 1 aliphatic heterocycles. The van der Waals surface area contributed by atoms with Crippen molar-refractivity contribution < 1.29 is 0 Å². The fraction of sp³-hybridized carbons (Fsp3) is 0.538. The van der Waals surface area contributed by atoms with Crippen LogP contribution >= 0.6 is 11.6 Å². The molecule has 1 fully saturated rings. The molecule has 0 spiro atoms. The highest BCUT2D eigenvalue weighted by molar-refractivity contribution is 6.33. The molecule has 0 radical (unpaired) electrons. The second-order valence-electron chi connectivity index (χ2n) is 4.59. The number of hydrogen-bond acceptors (Lipinski definition) is 3. The number of halogens is 1. The highest BCUT2D eigenvalue weighted by Crippen LogP contribution is 2.32. The number of hydrogen-bond donors (Lipinski definition) is 1. The van der Waals surface area contributed by atoms with Gasteiger partial charge in [0.2, 0.25) is 0 Å². The minimum Gasteiger partial charge on any atom is -0.399 e. The van der Waals surface area contributed by atoms with Gasteiger partial charge in [-0.15, -0.1) is 0 Å². The van der Waals surface area contributed by atoms with Crippen LogP contribution in [0, 0.1) is 6.92 Å². The van der Waals surface area contributed by atoms with Gasteiger partial charge in [-0.1, -0.05) is 18.5 Å². The standard InChI is InChI=1S/C13H20ClN3/c1-3-16-4-6-17(7-5-16)13-10(2)8-11(15)9-12(13)14/h8-9H,3-7,15H2,1-2H3. The largest absolute Gasteiger partial charge is 0.399 e. The lowest BCUT2D eigenvalue weighted by Crippen LogP contribution is -2.46. The zero-order valence-electron chi connectivity index (χ0n) is 10.5. The van der Waals surface area contributed by atoms with E-state index in [1.807, 2.05) is 12.1 Å². The van der Waals surface area contributed by atoms with Crippen molar-refractivity contribution in [3.63, 3.8) is 0 Å². The van der Waals surface area contributed by atoms with Gasteiger partial charge in [-0.2, -0.15) is 0 Å². The van der Waals surface area contributed by atoms with Crippen LogP contribution in [0.25, 0.3) is 0 Å². The molecule has 0 unspecified atom stereocenters. The third kappa shape index (κ3) is 2.67. The predicted molar refractivity (Wildman–Crippen MR) is 74.9 cm³/mol. The topological polar surface area (TPSA) is 32.5 Å². The summed E-state index contributed by atoms with van der Waals surface area (Å²) in [6.45, 7) is 9.70. The summed E-state index contributed by atoms with van der Waals surface area (Å²) in [6.07, 6.45) is 0. The maximum Gasteiger partial charge on any atom is 0.0662 e. The molecule has 1 aliphatic rings. The fourth-order valence-electron chi connectivity index (χ4n) is 2.45. The van der Waals surface area contributed by atoms with E-state index in [1.165, 1.54) is 5.56 Å². The summed E-state index contributed by atoms with van der Waals surface area (Å²) < 4.78 is 0. The molecule has 2 rings (SSSR count). The summed E-state index contributed by atoms with van der Waals surface area (Å²) in [5.41, 5.74) is 8.85. The van der Waals surface area contributed by atoms with E-state index in [0.717, 1.165) is 49.1 Å². The van der Waals surface area contributed by atoms with Crippen molar-refractivity contribution in [3.05, 3.63) is 22.7 Å². The third-order valence-corrected chi connectivity index (χ3v) is 3.70. The second kappa shape index (κ2) is 5.15. The fourth-order valence-corrected chi connectivity index (χ4v) is 2.85. The summed E-state index contributed by atoms with van der Waals surface area (Å²) in [6, 6.07) is 3.84. The maximum absolute atomic E-state index is 6.30. The van der Waals surface area contributed by atoms with Crippen molar-refractivity contribution in [2.24, 2.45) is 0 Å². The molecule has 17 heavy (non-hydrogen) atoms. The first-order chi connectivity index (χ1) is 8.11. The van der Waals surface area contributed by atoms with E-state index >= 15 is 0 Å². The lowest BCUT2D eigenvalue weighted by molar-refractivity contribution is 0.271. The molecule has 4 heteroatoms. The van der Waals surface area contributed by atoms with Crippen LogP contribution in [0.1, 0.15) is 12.5 Å². The zero-order chi connectivity index (χ0) is 12.4. The number of nitrogen functional groups attached to an aromatic ring is 1. The van der Waals surface area contributed by atoms with Crippen LogP contribution < -0.4 is 10.6 Å². The smallest absolute Gasteiger partial charge is 0.0662 e. The molecule has 0 atom stereocenters. The lowest BCUT2D eigenvalue weighted by Gasteiger charge is -2.36. The Bertz CT molecular complexity index is 375. The van der Waals surface area contributed by atoms with Crippen LogP contribution in [-0.2, 0) is 0 Å². The number of piperazine rings is 1. The predicted octanol–water partition coefficient (Wildman–Crippen LogP) is 2.37. The van der Waals surface area contributed by atoms with Crippen molar-refractivity contribution in [2.45, 2.75) is 13.8 Å². The Hall–Kier alpha value is -0.930. The van der Waals surface area contributed by atoms with E-state index in [1.54, 1.807) is 0 Å². The molecule has 0 bridgehead atoms. The van der Waals surface area contributed by atoms with Gasteiger partial charge in [-0.05, 0) is 31.2 Å². The highest BCUT2D eigenvalue weighted by atomic mass is 35.5. The molecule has 1 saturated heterocycles. The lowest BCUT2D eigenvalue weighted by atomic mass is 10.1. The molecule has 2 N–H and O–H groups in total. The highest BCUT2D eigenvalue weighted by Gasteiger charge is 2.19. The van der Waals surface area contributed by atoms with Crippen molar-refractivity contribution in [3.8, 4) is 0 Å². The number of likely N-dealkylation sites (N-methyl/N-ethyl adjacent to an activating group) is 1. The van der Waals surface area contributed by atoms with Gasteiger partial charge in [0.1, 0.15) is 0 Å². The van der Waals surface area contributed by atoms with E-state index in [2.05, 4.69) is 23.6 Å². The summed E-state index contributed by atoms with van der Waals surface area (Å²) >= 11 is 6.30. The second-order valence-corrected chi connectivity index (χ2v) is 5.00. The van der Waals surface area contributed by atoms with Crippen molar-refractivity contribution in [1.29, 1.82) is 0 Å². The number of rotatable bonds is 2. The Balaban J connectivity index is 2.18. The zero-order valence-corrected chi connectivity index (χ0v) is 11.3. The van der Waals surface area contributed by atoms with Crippen molar-refractivity contribution >= 4 is 23.0 Å². The summed E-state index contributed by atoms with van der Waals surface area (Å²) in [7, 11) is 0. The number of aryl methyl sites for hydroxylation is 1. The normalized spacial score (nSPS) is 17.5. The molecule has 3 nitrogen and oxygen atoms in total. The quantitative estimate of drug-likeness (QED) is 0.822. The molecule has 94 valence electrons. The van der Waals surface area contributed by atoms with Crippen LogP contribution in [0.2, 0.25) is 5.02 Å². The SMILES string of the molecule is CCN1CCN(c2c(C)cc(N)cc2Cl)CC1. The van der Waals surface area contributed by atoms with E-state index in [9.17, 15) is 0 Å². The summed E-state index contributed by atoms with van der Waals surface area (Å²) in [4.78, 5) is 4.82. The van der Waals surface area contributed by atoms with Crippen molar-refractivity contribution in [2.75, 3.05) is 43.4 Å². The van der Waals surface area contributed by atoms with Crippen LogP contribution in [-0.4, -0.2) is 37.6 Å². The van der Waals surface area contributed by atoms with E-state index in [-0.39, 0.29) is 0 Å². The third-order valence-electron chi connectivity index (χ3n) is 3.41. The molecule has 0 saturated carbocycles. The van der Waals surface area contributed by atoms with E-state index in [0.29, 0.717) is 0 Å². The minimum absolute atomic E-state index is 0.739. The summed E-state index contributed by atoms with van der Waals surface area (Å²) in [5, 5.41) is 0.771. The Morgan fingerprint density at radius 3 is 2.41 bits per heavy atom. The molecule has 0 aliphatic carbocycles. The van der Waals surface area contributed by atoms with Crippen LogP contribution in [0.4, 0.5) is 11.4 Å². The Morgan fingerprint density at radius 2 is 1.88 bits per heavy atom. The van der Waals surface area contributed by atoms with Gasteiger partial charge in [0.15, 0.2) is 0 Å². The van der Waals surface area contributed by atoms with Gasteiger partial charge in [0, 0.05) is 31.9 Å². The van der Waals surface area contributed by atoms with Crippen LogP contribution in [0.5, 0.6) is 0 Å². The van der Waals surface area contributed by atoms with Crippen LogP contribution in [0.3, 0.4) is 0 Å². The summed E-state index contributed by atoms with van der Waals surface area (Å²) in [5.74, 6) is 0. The van der Waals surface area contributed by atoms with Gasteiger partial charge in [0.05, 0.1) is 10.7 Å². The van der Waals surface area contributed by atoms with Gasteiger partial charge in [-0.3, -0.25) is 0 Å². The molecular weight excluding hydrogens is 234 g/mol. The Labute approximate surface area is 108 Å². The van der Waals surface area contributed by atoms with Crippen LogP contribution in [0.15, 0.2) is 12.1 Å². The van der Waals surface area contributed by atoms with Gasteiger partial charge in [-0.25, -0.2) is 0 Å². The number of anilines is 2. The minimum atomic E-state index is 0.739. The molecule has 1 aromatic carbocycles. The Morgan fingerprint density at radius 1 is 1.24 bits per heavy atom. The molecular formula is C13H20ClN3. The number of nitrogens with zero attached hydrogens (tertiary/aromatic N) is 2. The van der Waals surface area contributed by atoms with Gasteiger partial charge >= 0.3 is 0 Å². The van der Waals surface area contributed by atoms with Gasteiger partial charge < -0.3 is 15.5 Å². The maximum atomic E-state index is 6.30. The molecule has 0 aromatic heterocycles. The first kappa shape index (κ1) is 12.5. The Kier molecular flexibility index (Phi) is 3.79.